The van der Waals surface area contributed by atoms with Crippen molar-refractivity contribution in [1.29, 1.82) is 0 Å². The molecule has 1 saturated carbocycles. The predicted octanol–water partition coefficient (Wildman–Crippen LogP) is 4.59. The minimum atomic E-state index is 0.396. The molecule has 0 aromatic heterocycles. The molecule has 0 aromatic rings. The monoisotopic (exact) mass is 294 g/mol. The molecule has 2 fully saturated rings. The van der Waals surface area contributed by atoms with Gasteiger partial charge in [-0.05, 0) is 45.1 Å². The van der Waals surface area contributed by atoms with Crippen LogP contribution in [0.15, 0.2) is 0 Å². The van der Waals surface area contributed by atoms with Gasteiger partial charge in [-0.3, -0.25) is 4.90 Å². The second kappa shape index (κ2) is 8.53. The van der Waals surface area contributed by atoms with Crippen LogP contribution in [0.5, 0.6) is 0 Å². The van der Waals surface area contributed by atoms with E-state index in [0.29, 0.717) is 5.54 Å². The van der Waals surface area contributed by atoms with Crippen LogP contribution in [0.25, 0.3) is 0 Å². The Hall–Kier alpha value is -0.0800. The highest BCUT2D eigenvalue weighted by Gasteiger charge is 2.41. The average molecular weight is 295 g/mol. The Balaban J connectivity index is 1.67. The standard InChI is InChI=1S/C19H38N2/c1-4-6-7-8-9-10-11-14-21-15-18(17-12-13-17)20-16-19(21,3)5-2/h17-18,20H,4-16H2,1-3H3. The minimum Gasteiger partial charge on any atom is -0.311 e. The Labute approximate surface area is 133 Å². The topological polar surface area (TPSA) is 15.3 Å². The second-order valence-corrected chi connectivity index (χ2v) is 7.74. The third-order valence-corrected chi connectivity index (χ3v) is 5.91. The van der Waals surface area contributed by atoms with Crippen molar-refractivity contribution in [2.24, 2.45) is 5.92 Å². The fraction of sp³-hybridized carbons (Fsp3) is 1.00. The van der Waals surface area contributed by atoms with Crippen LogP contribution >= 0.6 is 0 Å². The van der Waals surface area contributed by atoms with Gasteiger partial charge in [0, 0.05) is 24.7 Å². The van der Waals surface area contributed by atoms with Gasteiger partial charge in [0.25, 0.3) is 0 Å². The van der Waals surface area contributed by atoms with E-state index in [-0.39, 0.29) is 0 Å². The van der Waals surface area contributed by atoms with Crippen molar-refractivity contribution in [2.75, 3.05) is 19.6 Å². The average Bonchev–Trinajstić information content (AvgIpc) is 3.33. The number of nitrogens with one attached hydrogen (secondary N) is 1. The Morgan fingerprint density at radius 3 is 2.29 bits per heavy atom. The molecule has 124 valence electrons. The van der Waals surface area contributed by atoms with Crippen LogP contribution in [-0.2, 0) is 0 Å². The zero-order chi connectivity index (χ0) is 15.1. The van der Waals surface area contributed by atoms with E-state index in [1.54, 1.807) is 0 Å². The van der Waals surface area contributed by atoms with Gasteiger partial charge in [-0.25, -0.2) is 0 Å². The molecule has 1 heterocycles. The number of nitrogens with zero attached hydrogens (tertiary/aromatic N) is 1. The molecule has 1 N–H and O–H groups in total. The molecule has 2 aliphatic rings. The van der Waals surface area contributed by atoms with Gasteiger partial charge in [-0.15, -0.1) is 0 Å². The summed E-state index contributed by atoms with van der Waals surface area (Å²) in [6.07, 6.45) is 14.2. The lowest BCUT2D eigenvalue weighted by molar-refractivity contribution is 0.0425. The van der Waals surface area contributed by atoms with Crippen molar-refractivity contribution in [3.8, 4) is 0 Å². The van der Waals surface area contributed by atoms with Gasteiger partial charge in [-0.2, -0.15) is 0 Å². The zero-order valence-corrected chi connectivity index (χ0v) is 14.8. The minimum absolute atomic E-state index is 0.396. The van der Waals surface area contributed by atoms with Gasteiger partial charge < -0.3 is 5.32 Å². The SMILES string of the molecule is CCCCCCCCCN1CC(C2CC2)NCC1(C)CC. The van der Waals surface area contributed by atoms with Crippen molar-refractivity contribution in [3.05, 3.63) is 0 Å². The molecule has 2 nitrogen and oxygen atoms in total. The van der Waals surface area contributed by atoms with Gasteiger partial charge >= 0.3 is 0 Å². The first-order chi connectivity index (χ1) is 10.2. The summed E-state index contributed by atoms with van der Waals surface area (Å²) < 4.78 is 0. The molecule has 1 aliphatic heterocycles. The summed E-state index contributed by atoms with van der Waals surface area (Å²) in [4.78, 5) is 2.82. The van der Waals surface area contributed by atoms with Crippen LogP contribution in [0.3, 0.4) is 0 Å². The van der Waals surface area contributed by atoms with E-state index in [1.165, 1.54) is 83.8 Å². The van der Waals surface area contributed by atoms with E-state index >= 15 is 0 Å². The fourth-order valence-electron chi connectivity index (χ4n) is 3.77. The molecular formula is C19H38N2. The summed E-state index contributed by atoms with van der Waals surface area (Å²) >= 11 is 0. The number of rotatable bonds is 10. The van der Waals surface area contributed by atoms with E-state index in [2.05, 4.69) is 31.0 Å². The van der Waals surface area contributed by atoms with E-state index < -0.39 is 0 Å². The highest BCUT2D eigenvalue weighted by Crippen LogP contribution is 2.36. The van der Waals surface area contributed by atoms with Crippen molar-refractivity contribution in [3.63, 3.8) is 0 Å². The van der Waals surface area contributed by atoms with E-state index in [9.17, 15) is 0 Å². The summed E-state index contributed by atoms with van der Waals surface area (Å²) in [5.41, 5.74) is 0.396. The largest absolute Gasteiger partial charge is 0.311 e. The quantitative estimate of drug-likeness (QED) is 0.593. The smallest absolute Gasteiger partial charge is 0.0303 e. The first-order valence-electron chi connectivity index (χ1n) is 9.68. The maximum atomic E-state index is 3.84. The lowest BCUT2D eigenvalue weighted by Gasteiger charge is -2.48. The Kier molecular flexibility index (Phi) is 7.01. The summed E-state index contributed by atoms with van der Waals surface area (Å²) in [6, 6.07) is 0.786. The number of hydrogen-bond donors (Lipinski definition) is 1. The Morgan fingerprint density at radius 2 is 1.67 bits per heavy atom. The molecule has 2 unspecified atom stereocenters. The molecule has 0 aromatic carbocycles. The number of piperazine rings is 1. The maximum Gasteiger partial charge on any atom is 0.0303 e. The molecule has 21 heavy (non-hydrogen) atoms. The van der Waals surface area contributed by atoms with Gasteiger partial charge in [0.2, 0.25) is 0 Å². The third-order valence-electron chi connectivity index (χ3n) is 5.91. The molecule has 1 saturated heterocycles. The first kappa shape index (κ1) is 17.3. The van der Waals surface area contributed by atoms with Crippen LogP contribution in [-0.4, -0.2) is 36.1 Å². The molecule has 0 radical (unpaired) electrons. The molecule has 2 rings (SSSR count). The summed E-state index contributed by atoms with van der Waals surface area (Å²) in [6.45, 7) is 10.9. The van der Waals surface area contributed by atoms with Crippen molar-refractivity contribution >= 4 is 0 Å². The summed E-state index contributed by atoms with van der Waals surface area (Å²) in [5, 5.41) is 3.84. The molecule has 0 bridgehead atoms. The van der Waals surface area contributed by atoms with Crippen molar-refractivity contribution < 1.29 is 0 Å². The van der Waals surface area contributed by atoms with Crippen LogP contribution in [0.2, 0.25) is 0 Å². The first-order valence-corrected chi connectivity index (χ1v) is 9.68. The Morgan fingerprint density at radius 1 is 1.00 bits per heavy atom. The Bertz CT molecular complexity index is 287. The molecule has 1 aliphatic carbocycles. The van der Waals surface area contributed by atoms with Gasteiger partial charge in [0.15, 0.2) is 0 Å². The number of hydrogen-bond acceptors (Lipinski definition) is 2. The lowest BCUT2D eigenvalue weighted by atomic mass is 9.90. The van der Waals surface area contributed by atoms with E-state index in [4.69, 9.17) is 0 Å². The molecular weight excluding hydrogens is 256 g/mol. The van der Waals surface area contributed by atoms with E-state index in [1.807, 2.05) is 0 Å². The number of unbranched alkanes of at least 4 members (excludes halogenated alkanes) is 6. The normalized spacial score (nSPS) is 30.7. The van der Waals surface area contributed by atoms with Crippen molar-refractivity contribution in [1.82, 2.24) is 10.2 Å². The summed E-state index contributed by atoms with van der Waals surface area (Å²) in [7, 11) is 0. The van der Waals surface area contributed by atoms with E-state index in [0.717, 1.165) is 12.0 Å². The third kappa shape index (κ3) is 5.25. The fourth-order valence-corrected chi connectivity index (χ4v) is 3.77. The highest BCUT2D eigenvalue weighted by molar-refractivity contribution is 4.99. The van der Waals surface area contributed by atoms with Crippen LogP contribution in [0.1, 0.15) is 85.0 Å². The van der Waals surface area contributed by atoms with Crippen molar-refractivity contribution in [2.45, 2.75) is 96.6 Å². The lowest BCUT2D eigenvalue weighted by Crippen LogP contribution is -2.63. The summed E-state index contributed by atoms with van der Waals surface area (Å²) in [5.74, 6) is 0.989. The molecule has 2 heteroatoms. The highest BCUT2D eigenvalue weighted by atomic mass is 15.3. The van der Waals surface area contributed by atoms with Gasteiger partial charge in [0.05, 0.1) is 0 Å². The predicted molar refractivity (Wildman–Crippen MR) is 92.8 cm³/mol. The molecule has 0 spiro atoms. The van der Waals surface area contributed by atoms with Gasteiger partial charge in [-0.1, -0.05) is 52.4 Å². The van der Waals surface area contributed by atoms with Crippen LogP contribution in [0.4, 0.5) is 0 Å². The second-order valence-electron chi connectivity index (χ2n) is 7.74. The van der Waals surface area contributed by atoms with Crippen LogP contribution < -0.4 is 5.32 Å². The zero-order valence-electron chi connectivity index (χ0n) is 14.8. The maximum absolute atomic E-state index is 3.84. The van der Waals surface area contributed by atoms with Gasteiger partial charge in [0.1, 0.15) is 0 Å². The van der Waals surface area contributed by atoms with Crippen LogP contribution in [0, 0.1) is 5.92 Å². The molecule has 0 amide bonds. The molecule has 2 atom stereocenters.